The van der Waals surface area contributed by atoms with Crippen LogP contribution in [0.4, 0.5) is 0 Å². The summed E-state index contributed by atoms with van der Waals surface area (Å²) in [7, 11) is 0. The molecule has 1 aliphatic carbocycles. The lowest BCUT2D eigenvalue weighted by Crippen LogP contribution is -2.38. The van der Waals surface area contributed by atoms with Crippen LogP contribution in [0, 0.1) is 10.1 Å². The number of nitrogens with zero attached hydrogens (tertiary/aromatic N) is 2. The van der Waals surface area contributed by atoms with E-state index in [1.807, 2.05) is 0 Å². The van der Waals surface area contributed by atoms with Gasteiger partial charge in [-0.3, -0.25) is 10.1 Å². The van der Waals surface area contributed by atoms with Gasteiger partial charge < -0.3 is 19.8 Å². The highest BCUT2D eigenvalue weighted by Crippen LogP contribution is 2.41. The Morgan fingerprint density at radius 3 is 2.90 bits per heavy atom. The molecule has 2 heterocycles. The van der Waals surface area contributed by atoms with Crippen LogP contribution in [-0.2, 0) is 4.74 Å². The Kier molecular flexibility index (Phi) is 3.73. The zero-order valence-corrected chi connectivity index (χ0v) is 11.9. The van der Waals surface area contributed by atoms with Crippen LogP contribution in [0.1, 0.15) is 32.6 Å². The summed E-state index contributed by atoms with van der Waals surface area (Å²) in [6, 6.07) is 0.187. The van der Waals surface area contributed by atoms with Gasteiger partial charge in [0.05, 0.1) is 17.6 Å². The van der Waals surface area contributed by atoms with Crippen LogP contribution in [-0.4, -0.2) is 51.1 Å². The maximum Gasteiger partial charge on any atom is 0.246 e. The van der Waals surface area contributed by atoms with Gasteiger partial charge in [-0.1, -0.05) is 0 Å². The minimum Gasteiger partial charge on any atom is -0.394 e. The zero-order chi connectivity index (χ0) is 15.1. The fourth-order valence-corrected chi connectivity index (χ4v) is 3.57. The van der Waals surface area contributed by atoms with Gasteiger partial charge in [-0.15, -0.1) is 0 Å². The smallest absolute Gasteiger partial charge is 0.246 e. The lowest BCUT2D eigenvalue weighted by molar-refractivity contribution is -0.428. The van der Waals surface area contributed by atoms with Crippen molar-refractivity contribution in [3.8, 4) is 0 Å². The van der Waals surface area contributed by atoms with Crippen LogP contribution in [0.3, 0.4) is 0 Å². The molecule has 3 aliphatic rings. The molecular weight excluding hydrogens is 276 g/mol. The van der Waals surface area contributed by atoms with E-state index < -0.39 is 12.2 Å². The largest absolute Gasteiger partial charge is 0.394 e. The number of ether oxygens (including phenoxy) is 1. The standard InChI is InChI=1S/C14H20N2O5/c1-8-4-9-5-10(16(19)20)2-3-11(9)15(8)14-6-12(18)13(7-17)21-14/h5,8,12-14,17-18H,2-4,6-7H2,1H3/t8?,12?,13-,14-/m1/s1. The Bertz CT molecular complexity index is 515. The molecule has 7 nitrogen and oxygen atoms in total. The fourth-order valence-electron chi connectivity index (χ4n) is 3.57. The first-order valence-electron chi connectivity index (χ1n) is 7.31. The van der Waals surface area contributed by atoms with Gasteiger partial charge in [0.25, 0.3) is 0 Å². The first kappa shape index (κ1) is 14.5. The van der Waals surface area contributed by atoms with Crippen molar-refractivity contribution in [3.63, 3.8) is 0 Å². The molecule has 2 unspecified atom stereocenters. The molecule has 7 heteroatoms. The van der Waals surface area contributed by atoms with Crippen molar-refractivity contribution in [3.05, 3.63) is 33.2 Å². The summed E-state index contributed by atoms with van der Waals surface area (Å²) in [6.45, 7) is 1.86. The minimum absolute atomic E-state index is 0.187. The van der Waals surface area contributed by atoms with Crippen LogP contribution < -0.4 is 0 Å². The molecule has 0 amide bonds. The predicted molar refractivity (Wildman–Crippen MR) is 73.6 cm³/mol. The summed E-state index contributed by atoms with van der Waals surface area (Å²) < 4.78 is 5.74. The Morgan fingerprint density at radius 1 is 1.52 bits per heavy atom. The molecule has 0 aromatic carbocycles. The Morgan fingerprint density at radius 2 is 2.29 bits per heavy atom. The number of aliphatic hydroxyl groups is 2. The molecule has 3 rings (SSSR count). The molecule has 21 heavy (non-hydrogen) atoms. The molecule has 2 aliphatic heterocycles. The van der Waals surface area contributed by atoms with E-state index in [9.17, 15) is 20.3 Å². The molecule has 0 radical (unpaired) electrons. The number of allylic oxidation sites excluding steroid dienone is 3. The van der Waals surface area contributed by atoms with Gasteiger partial charge in [0.1, 0.15) is 12.3 Å². The maximum atomic E-state index is 10.9. The fraction of sp³-hybridized carbons (Fsp3) is 0.714. The molecule has 0 saturated carbocycles. The van der Waals surface area contributed by atoms with Crippen molar-refractivity contribution in [2.45, 2.75) is 57.1 Å². The third-order valence-corrected chi connectivity index (χ3v) is 4.56. The van der Waals surface area contributed by atoms with Gasteiger partial charge in [-0.25, -0.2) is 0 Å². The monoisotopic (exact) mass is 296 g/mol. The second-order valence-corrected chi connectivity index (χ2v) is 5.94. The number of hydrogen-bond acceptors (Lipinski definition) is 6. The van der Waals surface area contributed by atoms with Crippen LogP contribution in [0.15, 0.2) is 23.0 Å². The Balaban J connectivity index is 1.83. The number of rotatable bonds is 3. The molecule has 1 fully saturated rings. The molecular formula is C14H20N2O5. The van der Waals surface area contributed by atoms with E-state index in [0.29, 0.717) is 19.3 Å². The van der Waals surface area contributed by atoms with E-state index in [-0.39, 0.29) is 29.5 Å². The van der Waals surface area contributed by atoms with E-state index in [2.05, 4.69) is 11.8 Å². The molecule has 1 saturated heterocycles. The zero-order valence-electron chi connectivity index (χ0n) is 11.9. The second-order valence-electron chi connectivity index (χ2n) is 5.94. The van der Waals surface area contributed by atoms with Gasteiger partial charge in [0.2, 0.25) is 5.70 Å². The third kappa shape index (κ3) is 2.45. The quantitative estimate of drug-likeness (QED) is 0.589. The van der Waals surface area contributed by atoms with Crippen LogP contribution in [0.2, 0.25) is 0 Å². The SMILES string of the molecule is CC1CC2=C(CCC([N+](=O)[O-])=C2)N1[C@H]1CC(O)[C@@H](CO)O1. The van der Waals surface area contributed by atoms with E-state index in [1.54, 1.807) is 6.08 Å². The molecule has 2 N–H and O–H groups in total. The third-order valence-electron chi connectivity index (χ3n) is 4.56. The average Bonchev–Trinajstić information content (AvgIpc) is 2.96. The van der Waals surface area contributed by atoms with Gasteiger partial charge >= 0.3 is 0 Å². The van der Waals surface area contributed by atoms with Crippen molar-refractivity contribution in [2.24, 2.45) is 0 Å². The van der Waals surface area contributed by atoms with Gasteiger partial charge in [0.15, 0.2) is 0 Å². The summed E-state index contributed by atoms with van der Waals surface area (Å²) >= 11 is 0. The van der Waals surface area contributed by atoms with Crippen LogP contribution in [0.25, 0.3) is 0 Å². The van der Waals surface area contributed by atoms with Crippen molar-refractivity contribution >= 4 is 0 Å². The molecule has 0 spiro atoms. The van der Waals surface area contributed by atoms with Gasteiger partial charge in [-0.05, 0) is 25.3 Å². The topological polar surface area (TPSA) is 96.1 Å². The highest BCUT2D eigenvalue weighted by Gasteiger charge is 2.43. The van der Waals surface area contributed by atoms with E-state index in [0.717, 1.165) is 17.7 Å². The summed E-state index contributed by atoms with van der Waals surface area (Å²) in [5.74, 6) is 0. The van der Waals surface area contributed by atoms with Crippen LogP contribution >= 0.6 is 0 Å². The normalized spacial score (nSPS) is 36.0. The lowest BCUT2D eigenvalue weighted by Gasteiger charge is -2.33. The van der Waals surface area contributed by atoms with Gasteiger partial charge in [-0.2, -0.15) is 0 Å². The second kappa shape index (κ2) is 5.40. The lowest BCUT2D eigenvalue weighted by atomic mass is 10.0. The summed E-state index contributed by atoms with van der Waals surface area (Å²) in [4.78, 5) is 12.7. The van der Waals surface area contributed by atoms with Crippen molar-refractivity contribution in [1.29, 1.82) is 0 Å². The highest BCUT2D eigenvalue weighted by atomic mass is 16.6. The van der Waals surface area contributed by atoms with Crippen molar-refractivity contribution in [2.75, 3.05) is 6.61 Å². The molecule has 0 bridgehead atoms. The Hall–Kier alpha value is -1.44. The molecule has 116 valence electrons. The number of aliphatic hydroxyl groups excluding tert-OH is 2. The first-order chi connectivity index (χ1) is 10.0. The van der Waals surface area contributed by atoms with E-state index in [4.69, 9.17) is 4.74 Å². The van der Waals surface area contributed by atoms with Crippen molar-refractivity contribution in [1.82, 2.24) is 4.90 Å². The highest BCUT2D eigenvalue weighted by molar-refractivity contribution is 5.36. The van der Waals surface area contributed by atoms with E-state index >= 15 is 0 Å². The van der Waals surface area contributed by atoms with Crippen molar-refractivity contribution < 1.29 is 19.9 Å². The summed E-state index contributed by atoms with van der Waals surface area (Å²) in [5.41, 5.74) is 2.36. The molecule has 4 atom stereocenters. The predicted octanol–water partition coefficient (Wildman–Crippen LogP) is 0.757. The summed E-state index contributed by atoms with van der Waals surface area (Å²) in [5, 5.41) is 30.0. The molecule has 0 aromatic rings. The molecule has 0 aromatic heterocycles. The Labute approximate surface area is 122 Å². The minimum atomic E-state index is -0.662. The van der Waals surface area contributed by atoms with E-state index in [1.165, 1.54) is 0 Å². The van der Waals surface area contributed by atoms with Crippen LogP contribution in [0.5, 0.6) is 0 Å². The first-order valence-corrected chi connectivity index (χ1v) is 7.31. The number of nitro groups is 1. The van der Waals surface area contributed by atoms with Gasteiger partial charge in [0, 0.05) is 30.7 Å². The maximum absolute atomic E-state index is 10.9. The average molecular weight is 296 g/mol. The summed E-state index contributed by atoms with van der Waals surface area (Å²) in [6.07, 6.45) is 2.49. The number of hydrogen-bond donors (Lipinski definition) is 2.